The quantitative estimate of drug-likeness (QED) is 0.767. The molecular weight excluding hydrogens is 290 g/mol. The smallest absolute Gasteiger partial charge is 0.197 e. The summed E-state index contributed by atoms with van der Waals surface area (Å²) in [4.78, 5) is 8.54. The van der Waals surface area contributed by atoms with E-state index in [1.807, 2.05) is 6.07 Å². The van der Waals surface area contributed by atoms with Gasteiger partial charge >= 0.3 is 0 Å². The van der Waals surface area contributed by atoms with Crippen LogP contribution in [0.3, 0.4) is 0 Å². The number of aromatic nitrogens is 4. The Balaban J connectivity index is 1.62. The first-order chi connectivity index (χ1) is 10.3. The molecule has 0 radical (unpaired) electrons. The third-order valence-electron chi connectivity index (χ3n) is 3.35. The largest absolute Gasteiger partial charge is 0.461 e. The molecule has 4 rings (SSSR count). The molecule has 3 aromatic heterocycles. The van der Waals surface area contributed by atoms with E-state index in [1.165, 1.54) is 12.8 Å². The zero-order chi connectivity index (χ0) is 14.2. The normalized spacial score (nSPS) is 14.3. The van der Waals surface area contributed by atoms with E-state index in [1.54, 1.807) is 24.6 Å². The summed E-state index contributed by atoms with van der Waals surface area (Å²) in [5.74, 6) is 2.89. The SMILES string of the molecule is Clc1cnc(-c2ccco2)nc1Nc1cc(C2CC2)[nH]n1. The van der Waals surface area contributed by atoms with Crippen molar-refractivity contribution in [2.45, 2.75) is 18.8 Å². The number of halogens is 1. The third-order valence-corrected chi connectivity index (χ3v) is 3.62. The van der Waals surface area contributed by atoms with Gasteiger partial charge in [-0.3, -0.25) is 5.10 Å². The molecule has 1 fully saturated rings. The van der Waals surface area contributed by atoms with E-state index < -0.39 is 0 Å². The number of rotatable bonds is 4. The van der Waals surface area contributed by atoms with Crippen LogP contribution in [-0.4, -0.2) is 20.2 Å². The Labute approximate surface area is 125 Å². The standard InChI is InChI=1S/C14H12ClN5O/c15-9-7-16-14(11-2-1-5-21-11)18-13(9)17-12-6-10(19-20-12)8-3-4-8/h1-2,5-8H,3-4H2,(H2,16,17,18,19,20). The van der Waals surface area contributed by atoms with Crippen molar-refractivity contribution >= 4 is 23.2 Å². The van der Waals surface area contributed by atoms with Gasteiger partial charge in [-0.05, 0) is 25.0 Å². The Morgan fingerprint density at radius 3 is 3.05 bits per heavy atom. The van der Waals surface area contributed by atoms with Crippen LogP contribution in [0.5, 0.6) is 0 Å². The number of nitrogens with one attached hydrogen (secondary N) is 2. The van der Waals surface area contributed by atoms with Gasteiger partial charge in [-0.1, -0.05) is 11.6 Å². The number of hydrogen-bond acceptors (Lipinski definition) is 5. The first-order valence-electron chi connectivity index (χ1n) is 6.68. The lowest BCUT2D eigenvalue weighted by molar-refractivity contribution is 0.577. The molecule has 3 heterocycles. The van der Waals surface area contributed by atoms with E-state index in [0.717, 1.165) is 5.69 Å². The summed E-state index contributed by atoms with van der Waals surface area (Å²) in [6.45, 7) is 0. The van der Waals surface area contributed by atoms with E-state index >= 15 is 0 Å². The summed E-state index contributed by atoms with van der Waals surface area (Å²) in [7, 11) is 0. The number of hydrogen-bond donors (Lipinski definition) is 2. The van der Waals surface area contributed by atoms with Crippen molar-refractivity contribution in [3.05, 3.63) is 41.4 Å². The molecular formula is C14H12ClN5O. The van der Waals surface area contributed by atoms with Crippen molar-refractivity contribution in [3.63, 3.8) is 0 Å². The third kappa shape index (κ3) is 2.50. The van der Waals surface area contributed by atoms with E-state index in [-0.39, 0.29) is 0 Å². The van der Waals surface area contributed by atoms with Gasteiger partial charge in [-0.15, -0.1) is 0 Å². The number of aromatic amines is 1. The fraction of sp³-hybridized carbons (Fsp3) is 0.214. The fourth-order valence-corrected chi connectivity index (χ4v) is 2.24. The molecule has 0 aromatic carbocycles. The average molecular weight is 302 g/mol. The van der Waals surface area contributed by atoms with Gasteiger partial charge < -0.3 is 9.73 Å². The lowest BCUT2D eigenvalue weighted by Crippen LogP contribution is -1.98. The minimum Gasteiger partial charge on any atom is -0.461 e. The summed E-state index contributed by atoms with van der Waals surface area (Å²) in [5.41, 5.74) is 1.15. The van der Waals surface area contributed by atoms with Gasteiger partial charge in [0.05, 0.1) is 12.5 Å². The van der Waals surface area contributed by atoms with Gasteiger partial charge in [-0.2, -0.15) is 5.10 Å². The fourth-order valence-electron chi connectivity index (χ4n) is 2.10. The van der Waals surface area contributed by atoms with Crippen LogP contribution in [0.1, 0.15) is 24.5 Å². The molecule has 2 N–H and O–H groups in total. The van der Waals surface area contributed by atoms with Crippen molar-refractivity contribution in [2.75, 3.05) is 5.32 Å². The molecule has 21 heavy (non-hydrogen) atoms. The van der Waals surface area contributed by atoms with Gasteiger partial charge in [-0.25, -0.2) is 9.97 Å². The molecule has 0 atom stereocenters. The second kappa shape index (κ2) is 4.89. The van der Waals surface area contributed by atoms with Gasteiger partial charge in [0.25, 0.3) is 0 Å². The number of anilines is 2. The van der Waals surface area contributed by atoms with Crippen LogP contribution in [0, 0.1) is 0 Å². The molecule has 0 bridgehead atoms. The summed E-state index contributed by atoms with van der Waals surface area (Å²) in [6.07, 6.45) is 5.57. The summed E-state index contributed by atoms with van der Waals surface area (Å²) in [6, 6.07) is 5.57. The predicted octanol–water partition coefficient (Wildman–Crippen LogP) is 3.73. The van der Waals surface area contributed by atoms with Crippen LogP contribution in [0.2, 0.25) is 5.02 Å². The first kappa shape index (κ1) is 12.4. The molecule has 0 saturated heterocycles. The van der Waals surface area contributed by atoms with E-state index in [9.17, 15) is 0 Å². The Kier molecular flexibility index (Phi) is 2.89. The van der Waals surface area contributed by atoms with Gasteiger partial charge in [0.15, 0.2) is 23.2 Å². The van der Waals surface area contributed by atoms with Crippen LogP contribution in [0.4, 0.5) is 11.6 Å². The molecule has 106 valence electrons. The van der Waals surface area contributed by atoms with Crippen LogP contribution in [0.15, 0.2) is 35.1 Å². The van der Waals surface area contributed by atoms with Crippen molar-refractivity contribution < 1.29 is 4.42 Å². The molecule has 6 nitrogen and oxygen atoms in total. The Morgan fingerprint density at radius 2 is 2.29 bits per heavy atom. The van der Waals surface area contributed by atoms with E-state index in [2.05, 4.69) is 25.5 Å². The number of furan rings is 1. The predicted molar refractivity (Wildman–Crippen MR) is 78.6 cm³/mol. The average Bonchev–Trinajstić information content (AvgIpc) is 3.01. The zero-order valence-corrected chi connectivity index (χ0v) is 11.8. The second-order valence-corrected chi connectivity index (χ2v) is 5.38. The first-order valence-corrected chi connectivity index (χ1v) is 7.06. The topological polar surface area (TPSA) is 79.6 Å². The molecule has 1 aliphatic rings. The van der Waals surface area contributed by atoms with Gasteiger partial charge in [0, 0.05) is 17.7 Å². The lowest BCUT2D eigenvalue weighted by atomic mass is 10.3. The van der Waals surface area contributed by atoms with E-state index in [0.29, 0.717) is 34.2 Å². The van der Waals surface area contributed by atoms with Crippen molar-refractivity contribution in [3.8, 4) is 11.6 Å². The highest BCUT2D eigenvalue weighted by Crippen LogP contribution is 2.39. The minimum atomic E-state index is 0.432. The lowest BCUT2D eigenvalue weighted by Gasteiger charge is -2.05. The molecule has 1 saturated carbocycles. The van der Waals surface area contributed by atoms with Gasteiger partial charge in [0.2, 0.25) is 0 Å². The molecule has 0 amide bonds. The molecule has 0 aliphatic heterocycles. The second-order valence-electron chi connectivity index (χ2n) is 4.98. The van der Waals surface area contributed by atoms with Gasteiger partial charge in [0.1, 0.15) is 5.02 Å². The molecule has 0 spiro atoms. The minimum absolute atomic E-state index is 0.432. The molecule has 1 aliphatic carbocycles. The Hall–Kier alpha value is -2.34. The molecule has 3 aromatic rings. The Bertz CT molecular complexity index is 764. The van der Waals surface area contributed by atoms with Crippen molar-refractivity contribution in [1.82, 2.24) is 20.2 Å². The van der Waals surface area contributed by atoms with E-state index in [4.69, 9.17) is 16.0 Å². The maximum atomic E-state index is 6.13. The monoisotopic (exact) mass is 301 g/mol. The summed E-state index contributed by atoms with van der Waals surface area (Å²) < 4.78 is 5.29. The highest BCUT2D eigenvalue weighted by molar-refractivity contribution is 6.32. The maximum absolute atomic E-state index is 6.13. The molecule has 7 heteroatoms. The van der Waals surface area contributed by atoms with Crippen molar-refractivity contribution in [1.29, 1.82) is 0 Å². The van der Waals surface area contributed by atoms with Crippen LogP contribution < -0.4 is 5.32 Å². The number of nitrogens with zero attached hydrogens (tertiary/aromatic N) is 3. The number of H-pyrrole nitrogens is 1. The summed E-state index contributed by atoms with van der Waals surface area (Å²) >= 11 is 6.13. The maximum Gasteiger partial charge on any atom is 0.197 e. The van der Waals surface area contributed by atoms with Crippen LogP contribution in [-0.2, 0) is 0 Å². The molecule has 0 unspecified atom stereocenters. The highest BCUT2D eigenvalue weighted by atomic mass is 35.5. The zero-order valence-electron chi connectivity index (χ0n) is 11.0. The van der Waals surface area contributed by atoms with Crippen molar-refractivity contribution in [2.24, 2.45) is 0 Å². The summed E-state index contributed by atoms with van der Waals surface area (Å²) in [5, 5.41) is 10.8. The highest BCUT2D eigenvalue weighted by Gasteiger charge is 2.25. The Morgan fingerprint density at radius 1 is 1.38 bits per heavy atom. The van der Waals surface area contributed by atoms with Crippen LogP contribution >= 0.6 is 11.6 Å². The van der Waals surface area contributed by atoms with Crippen LogP contribution in [0.25, 0.3) is 11.6 Å².